The van der Waals surface area contributed by atoms with Gasteiger partial charge in [-0.25, -0.2) is 9.18 Å². The maximum absolute atomic E-state index is 13.3. The first-order valence-corrected chi connectivity index (χ1v) is 6.66. The molecule has 20 heavy (non-hydrogen) atoms. The van der Waals surface area contributed by atoms with Gasteiger partial charge in [-0.3, -0.25) is 0 Å². The lowest BCUT2D eigenvalue weighted by Gasteiger charge is -2.17. The first-order chi connectivity index (χ1) is 9.70. The van der Waals surface area contributed by atoms with Crippen molar-refractivity contribution in [2.24, 2.45) is 0 Å². The minimum atomic E-state index is -0.405. The average molecular weight is 276 g/mol. The zero-order valence-corrected chi connectivity index (χ0v) is 11.2. The number of benzene rings is 1. The molecule has 106 valence electrons. The van der Waals surface area contributed by atoms with Gasteiger partial charge in [-0.15, -0.1) is 0 Å². The Balaban J connectivity index is 2.14. The number of aliphatic hydroxyl groups excluding tert-OH is 1. The first-order valence-electron chi connectivity index (χ1n) is 6.66. The molecule has 1 saturated heterocycles. The summed E-state index contributed by atoms with van der Waals surface area (Å²) in [5.74, 6) is 5.09. The number of amides is 2. The Bertz CT molecular complexity index is 543. The number of aliphatic hydroxyl groups is 1. The highest BCUT2D eigenvalue weighted by Crippen LogP contribution is 2.18. The van der Waals surface area contributed by atoms with Crippen molar-refractivity contribution in [3.63, 3.8) is 0 Å². The van der Waals surface area contributed by atoms with E-state index in [-0.39, 0.29) is 12.6 Å². The SMILES string of the molecule is O=C(Nc1ccc(F)cc1C#CCCO)N1CCCC1. The lowest BCUT2D eigenvalue weighted by molar-refractivity contribution is 0.222. The molecule has 1 aliphatic rings. The highest BCUT2D eigenvalue weighted by atomic mass is 19.1. The van der Waals surface area contributed by atoms with Crippen molar-refractivity contribution in [1.29, 1.82) is 0 Å². The van der Waals surface area contributed by atoms with Gasteiger partial charge < -0.3 is 15.3 Å². The monoisotopic (exact) mass is 276 g/mol. The maximum Gasteiger partial charge on any atom is 0.321 e. The van der Waals surface area contributed by atoms with Gasteiger partial charge in [0.1, 0.15) is 5.82 Å². The number of carbonyl (C=O) groups is 1. The summed E-state index contributed by atoms with van der Waals surface area (Å²) in [4.78, 5) is 13.7. The van der Waals surface area contributed by atoms with Gasteiger partial charge in [0, 0.05) is 19.5 Å². The van der Waals surface area contributed by atoms with Crippen molar-refractivity contribution in [3.05, 3.63) is 29.6 Å². The van der Waals surface area contributed by atoms with Gasteiger partial charge in [0.05, 0.1) is 17.9 Å². The number of nitrogens with zero attached hydrogens (tertiary/aromatic N) is 1. The molecule has 0 atom stereocenters. The van der Waals surface area contributed by atoms with Crippen LogP contribution >= 0.6 is 0 Å². The molecule has 5 heteroatoms. The van der Waals surface area contributed by atoms with Crippen molar-refractivity contribution in [1.82, 2.24) is 4.90 Å². The number of likely N-dealkylation sites (tertiary alicyclic amines) is 1. The van der Waals surface area contributed by atoms with Crippen molar-refractivity contribution < 1.29 is 14.3 Å². The summed E-state index contributed by atoms with van der Waals surface area (Å²) in [6, 6.07) is 3.90. The number of halogens is 1. The van der Waals surface area contributed by atoms with Crippen LogP contribution in [0.4, 0.5) is 14.9 Å². The van der Waals surface area contributed by atoms with E-state index in [1.807, 2.05) is 0 Å². The smallest absolute Gasteiger partial charge is 0.321 e. The standard InChI is InChI=1S/C15H17FN2O2/c16-13-6-7-14(12(11-13)5-1-4-10-19)17-15(20)18-8-2-3-9-18/h6-7,11,19H,2-4,8-10H2,(H,17,20). The van der Waals surface area contributed by atoms with Crippen LogP contribution in [0.2, 0.25) is 0 Å². The Kier molecular flexibility index (Phi) is 4.97. The molecule has 0 aromatic heterocycles. The largest absolute Gasteiger partial charge is 0.395 e. The molecule has 1 aromatic carbocycles. The Labute approximate surface area is 117 Å². The fourth-order valence-corrected chi connectivity index (χ4v) is 2.06. The van der Waals surface area contributed by atoms with E-state index in [1.165, 1.54) is 18.2 Å². The van der Waals surface area contributed by atoms with Gasteiger partial charge in [0.25, 0.3) is 0 Å². The maximum atomic E-state index is 13.3. The van der Waals surface area contributed by atoms with Crippen molar-refractivity contribution in [3.8, 4) is 11.8 Å². The summed E-state index contributed by atoms with van der Waals surface area (Å²) >= 11 is 0. The molecule has 0 spiro atoms. The third kappa shape index (κ3) is 3.72. The van der Waals surface area contributed by atoms with E-state index in [0.717, 1.165) is 25.9 Å². The Morgan fingerprint density at radius 1 is 1.40 bits per heavy atom. The molecule has 1 fully saturated rings. The summed E-state index contributed by atoms with van der Waals surface area (Å²) < 4.78 is 13.3. The predicted molar refractivity (Wildman–Crippen MR) is 74.8 cm³/mol. The summed E-state index contributed by atoms with van der Waals surface area (Å²) in [7, 11) is 0. The second-order valence-corrected chi connectivity index (χ2v) is 4.59. The van der Waals surface area contributed by atoms with Gasteiger partial charge in [0.2, 0.25) is 0 Å². The average Bonchev–Trinajstić information content (AvgIpc) is 2.96. The van der Waals surface area contributed by atoms with Crippen molar-refractivity contribution in [2.75, 3.05) is 25.0 Å². The van der Waals surface area contributed by atoms with E-state index in [4.69, 9.17) is 5.11 Å². The van der Waals surface area contributed by atoms with E-state index in [2.05, 4.69) is 17.2 Å². The van der Waals surface area contributed by atoms with Gasteiger partial charge in [-0.2, -0.15) is 0 Å². The molecule has 2 rings (SSSR count). The summed E-state index contributed by atoms with van der Waals surface area (Å²) in [6.45, 7) is 1.45. The highest BCUT2D eigenvalue weighted by molar-refractivity contribution is 5.91. The van der Waals surface area contributed by atoms with E-state index >= 15 is 0 Å². The molecule has 2 amide bonds. The van der Waals surface area contributed by atoms with E-state index < -0.39 is 5.82 Å². The Morgan fingerprint density at radius 3 is 2.85 bits per heavy atom. The zero-order valence-electron chi connectivity index (χ0n) is 11.2. The van der Waals surface area contributed by atoms with Crippen LogP contribution < -0.4 is 5.32 Å². The predicted octanol–water partition coefficient (Wildman–Crippen LogP) is 2.19. The second kappa shape index (κ2) is 6.92. The minimum absolute atomic E-state index is 0.0439. The summed E-state index contributed by atoms with van der Waals surface area (Å²) in [6.07, 6.45) is 2.34. The molecule has 0 unspecified atom stereocenters. The van der Waals surface area contributed by atoms with E-state index in [9.17, 15) is 9.18 Å². The van der Waals surface area contributed by atoms with Crippen molar-refractivity contribution >= 4 is 11.7 Å². The van der Waals surface area contributed by atoms with Crippen LogP contribution in [0.15, 0.2) is 18.2 Å². The van der Waals surface area contributed by atoms with Crippen LogP contribution in [0, 0.1) is 17.7 Å². The van der Waals surface area contributed by atoms with Crippen LogP contribution in [-0.2, 0) is 0 Å². The van der Waals surface area contributed by atoms with Crippen LogP contribution in [-0.4, -0.2) is 35.7 Å². The van der Waals surface area contributed by atoms with Gasteiger partial charge in [0.15, 0.2) is 0 Å². The molecule has 0 saturated carbocycles. The van der Waals surface area contributed by atoms with Crippen LogP contribution in [0.1, 0.15) is 24.8 Å². The van der Waals surface area contributed by atoms with Gasteiger partial charge >= 0.3 is 6.03 Å². The number of rotatable bonds is 2. The normalized spacial score (nSPS) is 13.8. The molecule has 1 heterocycles. The van der Waals surface area contributed by atoms with Gasteiger partial charge in [-0.1, -0.05) is 11.8 Å². The Hall–Kier alpha value is -2.06. The third-order valence-electron chi connectivity index (χ3n) is 3.08. The molecular formula is C15H17FN2O2. The molecule has 0 bridgehead atoms. The molecular weight excluding hydrogens is 259 g/mol. The lowest BCUT2D eigenvalue weighted by atomic mass is 10.1. The fraction of sp³-hybridized carbons (Fsp3) is 0.400. The third-order valence-corrected chi connectivity index (χ3v) is 3.08. The number of anilines is 1. The van der Waals surface area contributed by atoms with Gasteiger partial charge in [-0.05, 0) is 31.0 Å². The summed E-state index contributed by atoms with van der Waals surface area (Å²) in [5.41, 5.74) is 0.916. The van der Waals surface area contributed by atoms with Crippen LogP contribution in [0.3, 0.4) is 0 Å². The summed E-state index contributed by atoms with van der Waals surface area (Å²) in [5, 5.41) is 11.5. The number of hydrogen-bond acceptors (Lipinski definition) is 2. The van der Waals surface area contributed by atoms with Crippen molar-refractivity contribution in [2.45, 2.75) is 19.3 Å². The molecule has 1 aliphatic heterocycles. The number of hydrogen-bond donors (Lipinski definition) is 2. The van der Waals surface area contributed by atoms with E-state index in [0.29, 0.717) is 17.7 Å². The van der Waals surface area contributed by atoms with E-state index in [1.54, 1.807) is 4.90 Å². The topological polar surface area (TPSA) is 52.6 Å². The first kappa shape index (κ1) is 14.4. The molecule has 0 radical (unpaired) electrons. The minimum Gasteiger partial charge on any atom is -0.395 e. The molecule has 2 N–H and O–H groups in total. The fourth-order valence-electron chi connectivity index (χ4n) is 2.06. The molecule has 1 aromatic rings. The lowest BCUT2D eigenvalue weighted by Crippen LogP contribution is -2.32. The zero-order chi connectivity index (χ0) is 14.4. The highest BCUT2D eigenvalue weighted by Gasteiger charge is 2.18. The second-order valence-electron chi connectivity index (χ2n) is 4.59. The number of urea groups is 1. The molecule has 0 aliphatic carbocycles. The molecule has 4 nitrogen and oxygen atoms in total. The van der Waals surface area contributed by atoms with Crippen LogP contribution in [0.5, 0.6) is 0 Å². The number of nitrogens with one attached hydrogen (secondary N) is 1. The van der Waals surface area contributed by atoms with Crippen LogP contribution in [0.25, 0.3) is 0 Å². The quantitative estimate of drug-likeness (QED) is 0.814. The number of carbonyl (C=O) groups excluding carboxylic acids is 1. The Morgan fingerprint density at radius 2 is 2.15 bits per heavy atom.